The van der Waals surface area contributed by atoms with Crippen molar-refractivity contribution in [3.05, 3.63) is 18.2 Å². The summed E-state index contributed by atoms with van der Waals surface area (Å²) in [6.45, 7) is 1.29. The second kappa shape index (κ2) is 9.57. The second-order valence-electron chi connectivity index (χ2n) is 8.59. The highest BCUT2D eigenvalue weighted by atomic mass is 19.3. The molecule has 36 heavy (non-hydrogen) atoms. The van der Waals surface area contributed by atoms with Gasteiger partial charge in [0, 0.05) is 26.8 Å². The Labute approximate surface area is 202 Å². The smallest absolute Gasteiger partial charge is 0.262 e. The van der Waals surface area contributed by atoms with Crippen LogP contribution in [-0.4, -0.2) is 83.2 Å². The molecule has 16 heteroatoms. The van der Waals surface area contributed by atoms with Crippen molar-refractivity contribution in [2.45, 2.75) is 63.4 Å². The van der Waals surface area contributed by atoms with Crippen LogP contribution in [0.3, 0.4) is 0 Å². The summed E-state index contributed by atoms with van der Waals surface area (Å²) >= 11 is 0. The number of carbonyl (C=O) groups excluding carboxylic acids is 1. The van der Waals surface area contributed by atoms with Crippen LogP contribution in [0.15, 0.2) is 12.5 Å². The van der Waals surface area contributed by atoms with Gasteiger partial charge in [0.15, 0.2) is 23.2 Å². The number of hydrogen-bond acceptors (Lipinski definition) is 9. The van der Waals surface area contributed by atoms with E-state index >= 15 is 0 Å². The minimum Gasteiger partial charge on any atom is -0.388 e. The Morgan fingerprint density at radius 1 is 1.31 bits per heavy atom. The van der Waals surface area contributed by atoms with Crippen molar-refractivity contribution in [3.8, 4) is 5.95 Å². The van der Waals surface area contributed by atoms with Gasteiger partial charge in [-0.1, -0.05) is 12.1 Å². The fourth-order valence-corrected chi connectivity index (χ4v) is 3.65. The number of alkyl halides is 4. The van der Waals surface area contributed by atoms with E-state index in [9.17, 15) is 27.5 Å². The average molecular weight is 515 g/mol. The predicted octanol–water partition coefficient (Wildman–Crippen LogP) is 1.46. The number of carbonyl (C=O) groups is 1. The Kier molecular flexibility index (Phi) is 6.83. The van der Waals surface area contributed by atoms with E-state index in [0.717, 1.165) is 11.6 Å². The van der Waals surface area contributed by atoms with Crippen LogP contribution in [-0.2, 0) is 16.0 Å². The highest BCUT2D eigenvalue weighted by Gasteiger charge is 2.40. The standard InChI is InChI=1S/C20H25F4N9O3/c1-4-20(23,24)6-10-7-33(31-30-10)18-28-14(26-8-19(2,21)22)13-15(29-18)32(9-27-13)17-11(34)5-12(36-17)16(35)25-3/h7,9,11-12,17,34H,4-6,8H2,1-3H3,(H,25,35)(H,26,28,29)/t11-,12+,17?/m1/s1. The third-order valence-electron chi connectivity index (χ3n) is 5.58. The van der Waals surface area contributed by atoms with Crippen molar-refractivity contribution in [2.75, 3.05) is 18.9 Å². The molecule has 4 heterocycles. The number of amides is 1. The number of aliphatic hydroxyl groups is 1. The molecule has 0 radical (unpaired) electrons. The first-order chi connectivity index (χ1) is 16.9. The number of imidazole rings is 1. The highest BCUT2D eigenvalue weighted by molar-refractivity contribution is 5.84. The first kappa shape index (κ1) is 25.7. The fourth-order valence-electron chi connectivity index (χ4n) is 3.65. The Morgan fingerprint density at radius 2 is 2.06 bits per heavy atom. The van der Waals surface area contributed by atoms with Gasteiger partial charge in [0.25, 0.3) is 17.8 Å². The molecule has 4 rings (SSSR count). The number of anilines is 1. The summed E-state index contributed by atoms with van der Waals surface area (Å²) in [5, 5.41) is 23.0. The maximum atomic E-state index is 13.8. The molecule has 1 amide bonds. The summed E-state index contributed by atoms with van der Waals surface area (Å²) in [5.74, 6) is -6.75. The lowest BCUT2D eigenvalue weighted by molar-refractivity contribution is -0.134. The summed E-state index contributed by atoms with van der Waals surface area (Å²) in [6, 6.07) is 0. The summed E-state index contributed by atoms with van der Waals surface area (Å²) < 4.78 is 62.8. The fraction of sp³-hybridized carbons (Fsp3) is 0.600. The van der Waals surface area contributed by atoms with Gasteiger partial charge in [-0.2, -0.15) is 14.6 Å². The van der Waals surface area contributed by atoms with Crippen LogP contribution in [0.2, 0.25) is 0 Å². The molecule has 3 N–H and O–H groups in total. The van der Waals surface area contributed by atoms with Gasteiger partial charge in [0.1, 0.15) is 12.2 Å². The molecule has 1 unspecified atom stereocenters. The number of hydrogen-bond donors (Lipinski definition) is 3. The highest BCUT2D eigenvalue weighted by Crippen LogP contribution is 2.33. The van der Waals surface area contributed by atoms with E-state index in [4.69, 9.17) is 4.74 Å². The van der Waals surface area contributed by atoms with Crippen LogP contribution >= 0.6 is 0 Å². The third kappa shape index (κ3) is 5.38. The molecule has 1 aliphatic rings. The van der Waals surface area contributed by atoms with Gasteiger partial charge >= 0.3 is 0 Å². The quantitative estimate of drug-likeness (QED) is 0.361. The Bertz CT molecular complexity index is 1240. The van der Waals surface area contributed by atoms with Gasteiger partial charge in [-0.05, 0) is 0 Å². The van der Waals surface area contributed by atoms with Crippen molar-refractivity contribution in [3.63, 3.8) is 0 Å². The topological polar surface area (TPSA) is 145 Å². The summed E-state index contributed by atoms with van der Waals surface area (Å²) in [7, 11) is 1.43. The molecule has 0 bridgehead atoms. The number of aromatic nitrogens is 7. The van der Waals surface area contributed by atoms with E-state index < -0.39 is 49.2 Å². The SMILES string of the molecule is CCC(F)(F)Cc1cn(-c2nc(NCC(C)(F)F)c3ncn(C4O[C@H](C(=O)NC)C[C@H]4O)c3n2)nn1. The van der Waals surface area contributed by atoms with Crippen molar-refractivity contribution in [1.82, 2.24) is 39.8 Å². The molecule has 3 aromatic rings. The summed E-state index contributed by atoms with van der Waals surface area (Å²) in [5.41, 5.74) is 0.135. The van der Waals surface area contributed by atoms with E-state index in [1.165, 1.54) is 31.1 Å². The minimum absolute atomic E-state index is 0.00714. The van der Waals surface area contributed by atoms with Crippen molar-refractivity contribution in [1.29, 1.82) is 0 Å². The molecule has 3 atom stereocenters. The Balaban J connectivity index is 1.75. The van der Waals surface area contributed by atoms with Gasteiger partial charge in [-0.25, -0.2) is 22.5 Å². The van der Waals surface area contributed by atoms with Gasteiger partial charge in [0.05, 0.1) is 31.2 Å². The molecule has 196 valence electrons. The number of nitrogens with zero attached hydrogens (tertiary/aromatic N) is 7. The molecule has 1 aliphatic heterocycles. The van der Waals surface area contributed by atoms with E-state index in [1.54, 1.807) is 0 Å². The molecule has 12 nitrogen and oxygen atoms in total. The van der Waals surface area contributed by atoms with E-state index in [0.29, 0.717) is 0 Å². The molecule has 0 saturated carbocycles. The lowest BCUT2D eigenvalue weighted by atomic mass is 10.1. The molecule has 1 fully saturated rings. The molecular formula is C20H25F4N9O3. The van der Waals surface area contributed by atoms with Crippen molar-refractivity contribution >= 4 is 22.9 Å². The number of fused-ring (bicyclic) bond motifs is 1. The largest absolute Gasteiger partial charge is 0.388 e. The maximum Gasteiger partial charge on any atom is 0.262 e. The zero-order valence-corrected chi connectivity index (χ0v) is 19.6. The maximum absolute atomic E-state index is 13.8. The molecule has 0 spiro atoms. The van der Waals surface area contributed by atoms with Gasteiger partial charge < -0.3 is 20.5 Å². The van der Waals surface area contributed by atoms with Gasteiger partial charge in [0.2, 0.25) is 5.91 Å². The van der Waals surface area contributed by atoms with Gasteiger partial charge in [-0.3, -0.25) is 9.36 Å². The zero-order chi connectivity index (χ0) is 26.3. The Hall–Kier alpha value is -3.40. The normalized spacial score (nSPS) is 20.7. The van der Waals surface area contributed by atoms with Gasteiger partial charge in [-0.15, -0.1) is 5.10 Å². The summed E-state index contributed by atoms with van der Waals surface area (Å²) in [6.07, 6.45) is -1.64. The monoisotopic (exact) mass is 515 g/mol. The molecular weight excluding hydrogens is 490 g/mol. The zero-order valence-electron chi connectivity index (χ0n) is 19.6. The van der Waals surface area contributed by atoms with Crippen LogP contribution in [0.1, 0.15) is 38.6 Å². The number of aliphatic hydroxyl groups excluding tert-OH is 1. The lowest BCUT2D eigenvalue weighted by Gasteiger charge is -2.17. The van der Waals surface area contributed by atoms with E-state index in [1.807, 2.05) is 0 Å². The molecule has 3 aromatic heterocycles. The van der Waals surface area contributed by atoms with E-state index in [2.05, 4.69) is 35.9 Å². The van der Waals surface area contributed by atoms with Crippen LogP contribution < -0.4 is 10.6 Å². The molecule has 1 saturated heterocycles. The van der Waals surface area contributed by atoms with Crippen LogP contribution in [0.4, 0.5) is 23.4 Å². The first-order valence-electron chi connectivity index (χ1n) is 11.1. The minimum atomic E-state index is -3.09. The van der Waals surface area contributed by atoms with Crippen LogP contribution in [0, 0.1) is 0 Å². The van der Waals surface area contributed by atoms with Crippen LogP contribution in [0.5, 0.6) is 0 Å². The van der Waals surface area contributed by atoms with Crippen LogP contribution in [0.25, 0.3) is 17.1 Å². The first-order valence-corrected chi connectivity index (χ1v) is 11.1. The molecule has 0 aromatic carbocycles. The number of nitrogens with one attached hydrogen (secondary N) is 2. The summed E-state index contributed by atoms with van der Waals surface area (Å²) in [4.78, 5) is 24.7. The second-order valence-corrected chi connectivity index (χ2v) is 8.59. The average Bonchev–Trinajstić information content (AvgIpc) is 3.54. The van der Waals surface area contributed by atoms with Crippen molar-refractivity contribution < 1.29 is 32.2 Å². The predicted molar refractivity (Wildman–Crippen MR) is 117 cm³/mol. The third-order valence-corrected chi connectivity index (χ3v) is 5.58. The molecule has 0 aliphatic carbocycles. The lowest BCUT2D eigenvalue weighted by Crippen LogP contribution is -2.31. The number of likely N-dealkylation sites (N-methyl/N-ethyl adjacent to an activating group) is 1. The Morgan fingerprint density at radius 3 is 2.72 bits per heavy atom. The van der Waals surface area contributed by atoms with Crippen molar-refractivity contribution in [2.24, 2.45) is 0 Å². The number of ether oxygens (including phenoxy) is 1. The number of halogens is 4. The number of rotatable bonds is 9. The van der Waals surface area contributed by atoms with E-state index in [-0.39, 0.29) is 41.5 Å².